The summed E-state index contributed by atoms with van der Waals surface area (Å²) in [6, 6.07) is 9.13. The van der Waals surface area contributed by atoms with Gasteiger partial charge in [0.15, 0.2) is 6.61 Å². The number of carbonyl (C=O) groups is 1. The molecule has 1 aromatic heterocycles. The van der Waals surface area contributed by atoms with Crippen molar-refractivity contribution in [2.45, 2.75) is 26.3 Å². The Morgan fingerprint density at radius 1 is 1.35 bits per heavy atom. The van der Waals surface area contributed by atoms with Crippen molar-refractivity contribution in [3.63, 3.8) is 0 Å². The van der Waals surface area contributed by atoms with E-state index in [9.17, 15) is 4.79 Å². The van der Waals surface area contributed by atoms with Gasteiger partial charge in [-0.3, -0.25) is 10.1 Å². The lowest BCUT2D eigenvalue weighted by molar-refractivity contribution is -0.118. The highest BCUT2D eigenvalue weighted by atomic mass is 16.5. The number of rotatable bonds is 7. The molecule has 0 spiro atoms. The van der Waals surface area contributed by atoms with Gasteiger partial charge in [-0.15, -0.1) is 5.10 Å². The normalized spacial score (nSPS) is 10.2. The average molecular weight is 275 g/mol. The van der Waals surface area contributed by atoms with Crippen LogP contribution in [0.15, 0.2) is 30.3 Å². The molecule has 0 aliphatic carbocycles. The van der Waals surface area contributed by atoms with Crippen LogP contribution in [0.2, 0.25) is 0 Å². The minimum Gasteiger partial charge on any atom is -0.484 e. The van der Waals surface area contributed by atoms with Crippen LogP contribution in [0.3, 0.4) is 0 Å². The fourth-order valence-corrected chi connectivity index (χ4v) is 1.51. The molecule has 0 aliphatic rings. The Hall–Kier alpha value is -2.44. The van der Waals surface area contributed by atoms with Gasteiger partial charge in [-0.05, 0) is 23.8 Å². The molecule has 7 heteroatoms. The number of para-hydroxylation sites is 1. The summed E-state index contributed by atoms with van der Waals surface area (Å²) in [6.45, 7) is 2.69. The topological polar surface area (TPSA) is 81.9 Å². The molecule has 0 radical (unpaired) electrons. The first-order valence-corrected chi connectivity index (χ1v) is 6.53. The molecule has 106 valence electrons. The molecule has 1 aromatic carbocycles. The third kappa shape index (κ3) is 4.34. The van der Waals surface area contributed by atoms with E-state index in [1.54, 1.807) is 12.1 Å². The smallest absolute Gasteiger partial charge is 0.270 e. The predicted molar refractivity (Wildman–Crippen MR) is 73.3 cm³/mol. The second-order valence-electron chi connectivity index (χ2n) is 4.21. The second-order valence-corrected chi connectivity index (χ2v) is 4.21. The van der Waals surface area contributed by atoms with Crippen LogP contribution in [0.25, 0.3) is 0 Å². The van der Waals surface area contributed by atoms with Crippen molar-refractivity contribution in [3.8, 4) is 5.75 Å². The summed E-state index contributed by atoms with van der Waals surface area (Å²) in [5, 5.41) is 14.2. The fraction of sp³-hybridized carbons (Fsp3) is 0.385. The van der Waals surface area contributed by atoms with Crippen molar-refractivity contribution >= 4 is 11.9 Å². The van der Waals surface area contributed by atoms with Gasteiger partial charge in [0, 0.05) is 0 Å². The molecular weight excluding hydrogens is 258 g/mol. The number of hydrogen-bond donors (Lipinski definition) is 1. The molecule has 1 heterocycles. The minimum atomic E-state index is -0.316. The van der Waals surface area contributed by atoms with Crippen LogP contribution >= 0.6 is 0 Å². The van der Waals surface area contributed by atoms with Gasteiger partial charge in [0.1, 0.15) is 5.75 Å². The van der Waals surface area contributed by atoms with E-state index < -0.39 is 0 Å². The number of carbonyl (C=O) groups excluding carboxylic acids is 1. The fourth-order valence-electron chi connectivity index (χ4n) is 1.51. The first-order chi connectivity index (χ1) is 9.78. The summed E-state index contributed by atoms with van der Waals surface area (Å²) >= 11 is 0. The van der Waals surface area contributed by atoms with Crippen LogP contribution in [0.4, 0.5) is 5.95 Å². The number of ether oxygens (including phenoxy) is 1. The summed E-state index contributed by atoms with van der Waals surface area (Å²) in [5.41, 5.74) is 0. The van der Waals surface area contributed by atoms with Crippen molar-refractivity contribution in [1.82, 2.24) is 20.2 Å². The number of unbranched alkanes of at least 4 members (excludes halogenated alkanes) is 1. The molecule has 20 heavy (non-hydrogen) atoms. The molecule has 0 fully saturated rings. The predicted octanol–water partition coefficient (Wildman–Crippen LogP) is 1.49. The van der Waals surface area contributed by atoms with E-state index in [0.717, 1.165) is 12.8 Å². The molecule has 0 saturated carbocycles. The number of amides is 1. The van der Waals surface area contributed by atoms with E-state index in [1.165, 1.54) is 4.80 Å². The average Bonchev–Trinajstić information content (AvgIpc) is 2.91. The van der Waals surface area contributed by atoms with Crippen LogP contribution in [0, 0.1) is 0 Å². The Morgan fingerprint density at radius 2 is 2.15 bits per heavy atom. The number of benzene rings is 1. The first kappa shape index (κ1) is 14.0. The highest BCUT2D eigenvalue weighted by Crippen LogP contribution is 2.07. The number of aryl methyl sites for hydroxylation is 1. The largest absolute Gasteiger partial charge is 0.484 e. The zero-order valence-electron chi connectivity index (χ0n) is 11.3. The molecule has 0 saturated heterocycles. The standard InChI is InChI=1S/C13H17N5O2/c1-2-3-9-18-16-13(15-17-18)14-12(19)10-20-11-7-5-4-6-8-11/h4-8H,2-3,9-10H2,1H3,(H,14,16,19). The van der Waals surface area contributed by atoms with Gasteiger partial charge < -0.3 is 4.74 Å². The van der Waals surface area contributed by atoms with Crippen LogP contribution in [-0.2, 0) is 11.3 Å². The van der Waals surface area contributed by atoms with Crippen molar-refractivity contribution in [2.75, 3.05) is 11.9 Å². The lowest BCUT2D eigenvalue weighted by Crippen LogP contribution is -2.21. The van der Waals surface area contributed by atoms with Crippen LogP contribution in [0.5, 0.6) is 5.75 Å². The second kappa shape index (κ2) is 7.22. The molecule has 2 rings (SSSR count). The third-order valence-corrected chi connectivity index (χ3v) is 2.53. The number of nitrogens with zero attached hydrogens (tertiary/aromatic N) is 4. The Kier molecular flexibility index (Phi) is 5.05. The number of nitrogens with one attached hydrogen (secondary N) is 1. The summed E-state index contributed by atoms with van der Waals surface area (Å²) < 4.78 is 5.32. The lowest BCUT2D eigenvalue weighted by atomic mass is 10.3. The van der Waals surface area contributed by atoms with E-state index in [1.807, 2.05) is 18.2 Å². The maximum atomic E-state index is 11.7. The van der Waals surface area contributed by atoms with E-state index in [0.29, 0.717) is 12.3 Å². The quantitative estimate of drug-likeness (QED) is 0.828. The Bertz CT molecular complexity index is 541. The third-order valence-electron chi connectivity index (χ3n) is 2.53. The Labute approximate surface area is 116 Å². The minimum absolute atomic E-state index is 0.0898. The number of hydrogen-bond acceptors (Lipinski definition) is 5. The zero-order valence-corrected chi connectivity index (χ0v) is 11.3. The Morgan fingerprint density at radius 3 is 2.90 bits per heavy atom. The molecule has 0 bridgehead atoms. The van der Waals surface area contributed by atoms with Crippen LogP contribution in [-0.4, -0.2) is 32.7 Å². The number of tetrazole rings is 1. The SMILES string of the molecule is CCCCn1nnc(NC(=O)COc2ccccc2)n1. The van der Waals surface area contributed by atoms with Crippen LogP contribution in [0.1, 0.15) is 19.8 Å². The lowest BCUT2D eigenvalue weighted by Gasteiger charge is -2.04. The first-order valence-electron chi connectivity index (χ1n) is 6.53. The highest BCUT2D eigenvalue weighted by molar-refractivity contribution is 5.90. The summed E-state index contributed by atoms with van der Waals surface area (Å²) in [4.78, 5) is 13.1. The summed E-state index contributed by atoms with van der Waals surface area (Å²) in [7, 11) is 0. The van der Waals surface area contributed by atoms with Gasteiger partial charge in [0.05, 0.1) is 6.54 Å². The van der Waals surface area contributed by atoms with Gasteiger partial charge in [-0.25, -0.2) is 0 Å². The van der Waals surface area contributed by atoms with Gasteiger partial charge in [-0.2, -0.15) is 4.80 Å². The summed E-state index contributed by atoms with van der Waals surface area (Å²) in [5.74, 6) is 0.522. The van der Waals surface area contributed by atoms with Crippen molar-refractivity contribution < 1.29 is 9.53 Å². The summed E-state index contributed by atoms with van der Waals surface area (Å²) in [6.07, 6.45) is 2.02. The molecule has 0 atom stereocenters. The molecular formula is C13H17N5O2. The zero-order chi connectivity index (χ0) is 14.2. The Balaban J connectivity index is 1.78. The molecule has 2 aromatic rings. The highest BCUT2D eigenvalue weighted by Gasteiger charge is 2.08. The van der Waals surface area contributed by atoms with Crippen molar-refractivity contribution in [2.24, 2.45) is 0 Å². The van der Waals surface area contributed by atoms with Gasteiger partial charge >= 0.3 is 0 Å². The maximum Gasteiger partial charge on any atom is 0.270 e. The molecule has 1 N–H and O–H groups in total. The number of aromatic nitrogens is 4. The van der Waals surface area contributed by atoms with Crippen molar-refractivity contribution in [1.29, 1.82) is 0 Å². The molecule has 0 unspecified atom stereocenters. The van der Waals surface area contributed by atoms with Gasteiger partial charge in [-0.1, -0.05) is 36.6 Å². The molecule has 1 amide bonds. The van der Waals surface area contributed by atoms with Crippen molar-refractivity contribution in [3.05, 3.63) is 30.3 Å². The van der Waals surface area contributed by atoms with E-state index >= 15 is 0 Å². The maximum absolute atomic E-state index is 11.7. The monoisotopic (exact) mass is 275 g/mol. The van der Waals surface area contributed by atoms with Crippen LogP contribution < -0.4 is 10.1 Å². The van der Waals surface area contributed by atoms with E-state index in [4.69, 9.17) is 4.74 Å². The van der Waals surface area contributed by atoms with E-state index in [-0.39, 0.29) is 18.5 Å². The molecule has 0 aliphatic heterocycles. The van der Waals surface area contributed by atoms with E-state index in [2.05, 4.69) is 27.7 Å². The van der Waals surface area contributed by atoms with Gasteiger partial charge in [0.25, 0.3) is 11.9 Å². The van der Waals surface area contributed by atoms with Gasteiger partial charge in [0.2, 0.25) is 0 Å². The molecule has 7 nitrogen and oxygen atoms in total. The number of anilines is 1.